The number of hydrogen-bond acceptors (Lipinski definition) is 4. The summed E-state index contributed by atoms with van der Waals surface area (Å²) in [7, 11) is 1.73. The molecular formula is C17H16N2O2S. The molecule has 1 atom stereocenters. The molecule has 0 saturated heterocycles. The first-order chi connectivity index (χ1) is 10.6. The van der Waals surface area contributed by atoms with E-state index in [-0.39, 0.29) is 5.56 Å². The van der Waals surface area contributed by atoms with Gasteiger partial charge in [0.25, 0.3) is 0 Å². The van der Waals surface area contributed by atoms with Crippen molar-refractivity contribution in [2.75, 3.05) is 0 Å². The smallest absolute Gasteiger partial charge is 0.250 e. The number of pyridine rings is 2. The Kier molecular flexibility index (Phi) is 4.18. The third-order valence-electron chi connectivity index (χ3n) is 3.50. The lowest BCUT2D eigenvalue weighted by Gasteiger charge is -2.08. The van der Waals surface area contributed by atoms with Gasteiger partial charge < -0.3 is 9.67 Å². The van der Waals surface area contributed by atoms with Gasteiger partial charge in [-0.1, -0.05) is 0 Å². The predicted molar refractivity (Wildman–Crippen MR) is 87.9 cm³/mol. The SMILES string of the molecule is Cn1cc(-c2ccc(C(O)Cc3ccncc3)s2)ccc1=O. The van der Waals surface area contributed by atoms with Gasteiger partial charge in [-0.25, -0.2) is 0 Å². The second-order valence-corrected chi connectivity index (χ2v) is 6.26. The molecule has 3 rings (SSSR count). The van der Waals surface area contributed by atoms with E-state index in [1.165, 1.54) is 0 Å². The molecular weight excluding hydrogens is 296 g/mol. The van der Waals surface area contributed by atoms with Crippen molar-refractivity contribution in [3.05, 3.63) is 75.8 Å². The molecule has 0 aliphatic rings. The minimum atomic E-state index is -0.534. The lowest BCUT2D eigenvalue weighted by Crippen LogP contribution is -2.13. The number of thiophene rings is 1. The number of hydrogen-bond donors (Lipinski definition) is 1. The summed E-state index contributed by atoms with van der Waals surface area (Å²) in [6, 6.07) is 11.1. The maximum absolute atomic E-state index is 11.4. The van der Waals surface area contributed by atoms with Crippen LogP contribution in [0.1, 0.15) is 16.5 Å². The van der Waals surface area contributed by atoms with Crippen molar-refractivity contribution >= 4 is 11.3 Å². The fraction of sp³-hybridized carbons (Fsp3) is 0.176. The molecule has 22 heavy (non-hydrogen) atoms. The molecule has 3 aromatic rings. The Morgan fingerprint density at radius 2 is 1.95 bits per heavy atom. The summed E-state index contributed by atoms with van der Waals surface area (Å²) < 4.78 is 1.56. The van der Waals surface area contributed by atoms with Gasteiger partial charge in [0.2, 0.25) is 5.56 Å². The average Bonchev–Trinajstić information content (AvgIpc) is 3.01. The number of nitrogens with zero attached hydrogens (tertiary/aromatic N) is 2. The Balaban J connectivity index is 1.81. The minimum Gasteiger partial charge on any atom is -0.387 e. The van der Waals surface area contributed by atoms with E-state index in [1.54, 1.807) is 41.4 Å². The van der Waals surface area contributed by atoms with Crippen LogP contribution in [0.25, 0.3) is 10.4 Å². The first-order valence-corrected chi connectivity index (χ1v) is 7.79. The Morgan fingerprint density at radius 3 is 2.68 bits per heavy atom. The van der Waals surface area contributed by atoms with Crippen LogP contribution in [0.5, 0.6) is 0 Å². The molecule has 112 valence electrons. The van der Waals surface area contributed by atoms with E-state index in [2.05, 4.69) is 4.98 Å². The lowest BCUT2D eigenvalue weighted by molar-refractivity contribution is 0.182. The number of aromatic nitrogens is 2. The van der Waals surface area contributed by atoms with Crippen molar-refractivity contribution in [1.82, 2.24) is 9.55 Å². The zero-order valence-electron chi connectivity index (χ0n) is 12.1. The third-order valence-corrected chi connectivity index (χ3v) is 4.74. The normalized spacial score (nSPS) is 12.3. The maximum atomic E-state index is 11.4. The van der Waals surface area contributed by atoms with Crippen molar-refractivity contribution in [3.63, 3.8) is 0 Å². The van der Waals surface area contributed by atoms with E-state index in [4.69, 9.17) is 0 Å². The zero-order valence-corrected chi connectivity index (χ0v) is 13.0. The van der Waals surface area contributed by atoms with Gasteiger partial charge in [-0.05, 0) is 35.9 Å². The molecule has 0 saturated carbocycles. The van der Waals surface area contributed by atoms with E-state index >= 15 is 0 Å². The lowest BCUT2D eigenvalue weighted by atomic mass is 10.1. The van der Waals surface area contributed by atoms with Crippen molar-refractivity contribution in [2.45, 2.75) is 12.5 Å². The van der Waals surface area contributed by atoms with E-state index in [1.807, 2.05) is 36.5 Å². The molecule has 0 aliphatic carbocycles. The standard InChI is InChI=1S/C17H16N2O2S/c1-19-11-13(2-5-17(19)21)15-3-4-16(22-15)14(20)10-12-6-8-18-9-7-12/h2-9,11,14,20H,10H2,1H3. The highest BCUT2D eigenvalue weighted by Gasteiger charge is 2.12. The summed E-state index contributed by atoms with van der Waals surface area (Å²) in [5, 5.41) is 10.4. The predicted octanol–water partition coefficient (Wildman–Crippen LogP) is 2.78. The fourth-order valence-electron chi connectivity index (χ4n) is 2.27. The second-order valence-electron chi connectivity index (χ2n) is 5.14. The van der Waals surface area contributed by atoms with Gasteiger partial charge in [0.1, 0.15) is 0 Å². The molecule has 3 aromatic heterocycles. The van der Waals surface area contributed by atoms with Crippen molar-refractivity contribution in [3.8, 4) is 10.4 Å². The molecule has 1 unspecified atom stereocenters. The summed E-state index contributed by atoms with van der Waals surface area (Å²) in [6.45, 7) is 0. The Bertz CT molecular complexity index is 824. The van der Waals surface area contributed by atoms with Crippen LogP contribution in [0.4, 0.5) is 0 Å². The molecule has 0 fully saturated rings. The zero-order chi connectivity index (χ0) is 15.5. The van der Waals surface area contributed by atoms with Crippen LogP contribution < -0.4 is 5.56 Å². The third kappa shape index (κ3) is 3.16. The Labute approximate surface area is 132 Å². The van der Waals surface area contributed by atoms with Crippen LogP contribution in [-0.2, 0) is 13.5 Å². The summed E-state index contributed by atoms with van der Waals surface area (Å²) in [5.41, 5.74) is 2.01. The molecule has 0 radical (unpaired) electrons. The van der Waals surface area contributed by atoms with E-state index in [0.717, 1.165) is 20.9 Å². The largest absolute Gasteiger partial charge is 0.387 e. The number of aliphatic hydroxyl groups excluding tert-OH is 1. The van der Waals surface area contributed by atoms with Crippen LogP contribution in [0.3, 0.4) is 0 Å². The molecule has 0 aromatic carbocycles. The van der Waals surface area contributed by atoms with Crippen LogP contribution in [-0.4, -0.2) is 14.7 Å². The Morgan fingerprint density at radius 1 is 1.18 bits per heavy atom. The fourth-order valence-corrected chi connectivity index (χ4v) is 3.25. The average molecular weight is 312 g/mol. The van der Waals surface area contributed by atoms with E-state index in [0.29, 0.717) is 6.42 Å². The topological polar surface area (TPSA) is 55.1 Å². The van der Waals surface area contributed by atoms with Crippen LogP contribution in [0.2, 0.25) is 0 Å². The number of aliphatic hydroxyl groups is 1. The first-order valence-electron chi connectivity index (χ1n) is 6.97. The summed E-state index contributed by atoms with van der Waals surface area (Å²) in [6.07, 6.45) is 5.30. The van der Waals surface area contributed by atoms with Gasteiger partial charge in [-0.15, -0.1) is 11.3 Å². The van der Waals surface area contributed by atoms with Crippen LogP contribution in [0, 0.1) is 0 Å². The van der Waals surface area contributed by atoms with Crippen LogP contribution >= 0.6 is 11.3 Å². The summed E-state index contributed by atoms with van der Waals surface area (Å²) >= 11 is 1.55. The molecule has 1 N–H and O–H groups in total. The number of aryl methyl sites for hydroxylation is 1. The van der Waals surface area contributed by atoms with Gasteiger partial charge in [0.15, 0.2) is 0 Å². The van der Waals surface area contributed by atoms with E-state index < -0.39 is 6.10 Å². The van der Waals surface area contributed by atoms with Crippen LogP contribution in [0.15, 0.2) is 59.8 Å². The van der Waals surface area contributed by atoms with Gasteiger partial charge in [0.05, 0.1) is 6.10 Å². The molecule has 0 spiro atoms. The Hall–Kier alpha value is -2.24. The first kappa shape index (κ1) is 14.7. The van der Waals surface area contributed by atoms with Gasteiger partial charge in [0, 0.05) is 53.4 Å². The highest BCUT2D eigenvalue weighted by atomic mass is 32.1. The molecule has 0 aliphatic heterocycles. The highest BCUT2D eigenvalue weighted by Crippen LogP contribution is 2.32. The molecule has 0 bridgehead atoms. The van der Waals surface area contributed by atoms with Crippen molar-refractivity contribution in [1.29, 1.82) is 0 Å². The molecule has 5 heteroatoms. The second kappa shape index (κ2) is 6.25. The summed E-state index contributed by atoms with van der Waals surface area (Å²) in [5.74, 6) is 0. The molecule has 0 amide bonds. The van der Waals surface area contributed by atoms with Crippen molar-refractivity contribution < 1.29 is 5.11 Å². The van der Waals surface area contributed by atoms with Crippen molar-refractivity contribution in [2.24, 2.45) is 7.05 Å². The van der Waals surface area contributed by atoms with E-state index in [9.17, 15) is 9.90 Å². The van der Waals surface area contributed by atoms with Gasteiger partial charge >= 0.3 is 0 Å². The minimum absolute atomic E-state index is 0.0294. The quantitative estimate of drug-likeness (QED) is 0.806. The highest BCUT2D eigenvalue weighted by molar-refractivity contribution is 7.15. The molecule has 3 heterocycles. The molecule has 4 nitrogen and oxygen atoms in total. The summed E-state index contributed by atoms with van der Waals surface area (Å²) in [4.78, 5) is 17.4. The van der Waals surface area contributed by atoms with Gasteiger partial charge in [-0.2, -0.15) is 0 Å². The van der Waals surface area contributed by atoms with Gasteiger partial charge in [-0.3, -0.25) is 9.78 Å². The monoisotopic (exact) mass is 312 g/mol. The number of rotatable bonds is 4. The maximum Gasteiger partial charge on any atom is 0.250 e.